The summed E-state index contributed by atoms with van der Waals surface area (Å²) in [5, 5.41) is 25.0. The first-order chi connectivity index (χ1) is 10.9. The number of hydrogen-bond donors (Lipinski definition) is 0. The van der Waals surface area contributed by atoms with Gasteiger partial charge >= 0.3 is 0 Å². The van der Waals surface area contributed by atoms with E-state index in [-0.39, 0.29) is 42.1 Å². The Morgan fingerprint density at radius 1 is 0.417 bits per heavy atom. The molecule has 0 aromatic rings. The third-order valence-corrected chi connectivity index (χ3v) is 16.2. The molecular formula is C14H24N4P4Pt2. The smallest absolute Gasteiger partial charge is 0.155 e. The summed E-state index contributed by atoms with van der Waals surface area (Å²) in [5.41, 5.74) is 0. The van der Waals surface area contributed by atoms with Crippen molar-refractivity contribution in [3.63, 3.8) is 0 Å². The first-order valence-corrected chi connectivity index (χ1v) is 15.6. The van der Waals surface area contributed by atoms with Gasteiger partial charge in [0.1, 0.15) is 0 Å². The molecule has 0 saturated carbocycles. The van der Waals surface area contributed by atoms with Crippen molar-refractivity contribution in [3.8, 4) is 0 Å². The van der Waals surface area contributed by atoms with Crippen LogP contribution in [0.3, 0.4) is 0 Å². The SMILES string of the molecule is C1C[PH+]1C[PH+]1CC1.C1C[PH+]1C[PH+]1CC1.[C-]#N.[C-]#N.[C-]#N.[C-]#N.[Pt].[Pt]. The molecular weight excluding hydrogens is 738 g/mol. The van der Waals surface area contributed by atoms with Crippen LogP contribution in [0.2, 0.25) is 0 Å². The minimum absolute atomic E-state index is 0. The molecule has 0 aromatic carbocycles. The Hall–Kier alpha value is 1.06. The van der Waals surface area contributed by atoms with Crippen LogP contribution in [0.4, 0.5) is 0 Å². The molecule has 4 aliphatic heterocycles. The van der Waals surface area contributed by atoms with Gasteiger partial charge in [0.2, 0.25) is 0 Å². The topological polar surface area (TPSA) is 95.2 Å². The monoisotopic (exact) mass is 762 g/mol. The van der Waals surface area contributed by atoms with E-state index < -0.39 is 0 Å². The maximum Gasteiger partial charge on any atom is 0.155 e. The van der Waals surface area contributed by atoms with E-state index >= 15 is 0 Å². The van der Waals surface area contributed by atoms with Gasteiger partial charge in [0.25, 0.3) is 0 Å². The molecule has 0 bridgehead atoms. The second-order valence-corrected chi connectivity index (χ2v) is 18.2. The van der Waals surface area contributed by atoms with Gasteiger partial charge in [-0.2, -0.15) is 0 Å². The van der Waals surface area contributed by atoms with Gasteiger partial charge in [-0.05, 0) is 0 Å². The number of nitrogens with zero attached hydrogens (tertiary/aromatic N) is 4. The summed E-state index contributed by atoms with van der Waals surface area (Å²) in [6, 6.07) is 0. The fourth-order valence-corrected chi connectivity index (χ4v) is 15.9. The normalized spacial score (nSPS) is 18.3. The minimum atomic E-state index is 0. The van der Waals surface area contributed by atoms with Crippen LogP contribution >= 0.6 is 31.7 Å². The first-order valence-electron chi connectivity index (χ1n) is 7.14. The van der Waals surface area contributed by atoms with Gasteiger partial charge < -0.3 is 47.3 Å². The molecule has 4 heterocycles. The van der Waals surface area contributed by atoms with Crippen molar-refractivity contribution in [1.29, 1.82) is 21.0 Å². The van der Waals surface area contributed by atoms with Gasteiger partial charge in [0, 0.05) is 73.8 Å². The van der Waals surface area contributed by atoms with E-state index in [9.17, 15) is 0 Å². The van der Waals surface area contributed by atoms with Crippen LogP contribution in [0.15, 0.2) is 0 Å². The second kappa shape index (κ2) is 24.1. The van der Waals surface area contributed by atoms with Gasteiger partial charge in [-0.3, -0.25) is 0 Å². The molecule has 0 atom stereocenters. The van der Waals surface area contributed by atoms with Crippen molar-refractivity contribution in [2.45, 2.75) is 0 Å². The van der Waals surface area contributed by atoms with E-state index in [0.29, 0.717) is 31.7 Å². The first kappa shape index (κ1) is 32.7. The molecule has 0 spiro atoms. The van der Waals surface area contributed by atoms with Crippen molar-refractivity contribution >= 4 is 31.7 Å². The Balaban J connectivity index is -0.000000112. The summed E-state index contributed by atoms with van der Waals surface area (Å²) in [4.78, 5) is 0. The number of hydrogen-bond acceptors (Lipinski definition) is 4. The predicted molar refractivity (Wildman–Crippen MR) is 102 cm³/mol. The molecule has 24 heavy (non-hydrogen) atoms. The van der Waals surface area contributed by atoms with Gasteiger partial charge in [-0.25, -0.2) is 0 Å². The molecule has 0 amide bonds. The van der Waals surface area contributed by atoms with Crippen molar-refractivity contribution in [3.05, 3.63) is 26.3 Å². The third-order valence-electron chi connectivity index (χ3n) is 3.41. The summed E-state index contributed by atoms with van der Waals surface area (Å²) in [6.07, 6.45) is 13.4. The molecule has 4 aliphatic rings. The zero-order chi connectivity index (χ0) is 17.4. The molecule has 4 fully saturated rings. The fraction of sp³-hybridized carbons (Fsp3) is 0.714. The summed E-state index contributed by atoms with van der Waals surface area (Å²) in [6.45, 7) is 19.0. The molecule has 0 radical (unpaired) electrons. The molecule has 4 rings (SSSR count). The van der Waals surface area contributed by atoms with E-state index in [4.69, 9.17) is 47.3 Å². The Morgan fingerprint density at radius 2 is 0.542 bits per heavy atom. The van der Waals surface area contributed by atoms with E-state index in [1.165, 1.54) is 0 Å². The summed E-state index contributed by atoms with van der Waals surface area (Å²) in [5.74, 6) is 3.57. The second-order valence-electron chi connectivity index (χ2n) is 5.35. The predicted octanol–water partition coefficient (Wildman–Crippen LogP) is 3.18. The van der Waals surface area contributed by atoms with Crippen LogP contribution in [-0.2, 0) is 42.1 Å². The van der Waals surface area contributed by atoms with Crippen LogP contribution in [-0.4, -0.2) is 61.1 Å². The Kier molecular flexibility index (Phi) is 32.8. The average molecular weight is 762 g/mol. The minimum Gasteiger partial charge on any atom is -0.512 e. The van der Waals surface area contributed by atoms with Crippen molar-refractivity contribution < 1.29 is 42.1 Å². The molecule has 0 aliphatic carbocycles. The average Bonchev–Trinajstić information content (AvgIpc) is 3.48. The van der Waals surface area contributed by atoms with E-state index in [1.54, 1.807) is 61.1 Å². The van der Waals surface area contributed by atoms with Crippen LogP contribution in [0.5, 0.6) is 0 Å². The van der Waals surface area contributed by atoms with Gasteiger partial charge in [-0.1, -0.05) is 0 Å². The Morgan fingerprint density at radius 3 is 0.625 bits per heavy atom. The molecule has 140 valence electrons. The maximum atomic E-state index is 6.25. The molecule has 10 heteroatoms. The van der Waals surface area contributed by atoms with E-state index in [0.717, 1.165) is 0 Å². The van der Waals surface area contributed by atoms with Gasteiger partial charge in [-0.15, -0.1) is 0 Å². The molecule has 4 nitrogen and oxygen atoms in total. The van der Waals surface area contributed by atoms with Crippen molar-refractivity contribution in [2.75, 3.05) is 61.1 Å². The zero-order valence-corrected chi connectivity index (χ0v) is 22.0. The zero-order valence-electron chi connectivity index (χ0n) is 13.5. The maximum absolute atomic E-state index is 6.25. The molecule has 0 unspecified atom stereocenters. The van der Waals surface area contributed by atoms with Crippen molar-refractivity contribution in [2.24, 2.45) is 0 Å². The van der Waals surface area contributed by atoms with Gasteiger partial charge in [0.05, 0.1) is 49.3 Å². The summed E-state index contributed by atoms with van der Waals surface area (Å²) in [7, 11) is 1.69. The van der Waals surface area contributed by atoms with Crippen molar-refractivity contribution in [1.82, 2.24) is 0 Å². The Labute approximate surface area is 181 Å². The van der Waals surface area contributed by atoms with Gasteiger partial charge in [0.15, 0.2) is 11.8 Å². The summed E-state index contributed by atoms with van der Waals surface area (Å²) >= 11 is 0. The quantitative estimate of drug-likeness (QED) is 0.325. The third kappa shape index (κ3) is 25.3. The largest absolute Gasteiger partial charge is 0.512 e. The number of rotatable bonds is 4. The molecule has 0 N–H and O–H groups in total. The van der Waals surface area contributed by atoms with Crippen LogP contribution < -0.4 is 0 Å². The Bertz CT molecular complexity index is 284. The summed E-state index contributed by atoms with van der Waals surface area (Å²) < 4.78 is 0. The van der Waals surface area contributed by atoms with Crippen LogP contribution in [0, 0.1) is 47.3 Å². The van der Waals surface area contributed by atoms with E-state index in [1.807, 2.05) is 0 Å². The molecule has 4 saturated heterocycles. The standard InChI is InChI=1S/2C5H10P2.4CN.2Pt/c2*1-2-6(1)5-7-3-4-7;4*1-2;;/h2*1-5H2;;;;;;/q;;4*-1;;/p+4. The van der Waals surface area contributed by atoms with E-state index in [2.05, 4.69) is 0 Å². The molecule has 0 aromatic heterocycles. The van der Waals surface area contributed by atoms with Crippen LogP contribution in [0.25, 0.3) is 0 Å². The van der Waals surface area contributed by atoms with Crippen LogP contribution in [0.1, 0.15) is 0 Å². The fourth-order valence-electron chi connectivity index (χ4n) is 1.77.